The summed E-state index contributed by atoms with van der Waals surface area (Å²) in [5.41, 5.74) is 0.196. The van der Waals surface area contributed by atoms with Crippen LogP contribution < -0.4 is 0 Å². The average molecular weight is 467 g/mol. The zero-order valence-corrected chi connectivity index (χ0v) is 21.2. The first kappa shape index (κ1) is 26.3. The highest BCUT2D eigenvalue weighted by Gasteiger charge is 2.42. The van der Waals surface area contributed by atoms with E-state index < -0.39 is 33.7 Å². The zero-order chi connectivity index (χ0) is 24.3. The summed E-state index contributed by atoms with van der Waals surface area (Å²) in [6.45, 7) is 13.5. The van der Waals surface area contributed by atoms with Gasteiger partial charge in [0.25, 0.3) is 0 Å². The topological polar surface area (TPSA) is 84.0 Å². The van der Waals surface area contributed by atoms with E-state index in [9.17, 15) is 18.0 Å². The summed E-state index contributed by atoms with van der Waals surface area (Å²) < 4.78 is 34.0. The number of carbonyl (C=O) groups is 2. The first-order valence-corrected chi connectivity index (χ1v) is 12.8. The molecule has 7 nitrogen and oxygen atoms in total. The lowest BCUT2D eigenvalue weighted by molar-refractivity contribution is -0.134. The number of amides is 2. The van der Waals surface area contributed by atoms with Crippen LogP contribution >= 0.6 is 0 Å². The van der Waals surface area contributed by atoms with Crippen molar-refractivity contribution < 1.29 is 22.7 Å². The number of benzene rings is 1. The summed E-state index contributed by atoms with van der Waals surface area (Å²) in [7, 11) is -3.93. The Balaban J connectivity index is 2.47. The molecule has 2 amide bonds. The molecule has 0 N–H and O–H groups in total. The number of carbonyl (C=O) groups excluding carboxylic acids is 2. The molecule has 1 heterocycles. The van der Waals surface area contributed by atoms with E-state index in [4.69, 9.17) is 4.74 Å². The van der Waals surface area contributed by atoms with Gasteiger partial charge in [0.2, 0.25) is 15.9 Å². The number of nitrogens with zero attached hydrogens (tertiary/aromatic N) is 2. The van der Waals surface area contributed by atoms with Crippen LogP contribution in [0.2, 0.25) is 0 Å². The molecule has 180 valence electrons. The van der Waals surface area contributed by atoms with Gasteiger partial charge in [-0.2, -0.15) is 4.31 Å². The Morgan fingerprint density at radius 3 is 2.31 bits per heavy atom. The third kappa shape index (κ3) is 6.78. The monoisotopic (exact) mass is 466 g/mol. The molecule has 0 spiro atoms. The van der Waals surface area contributed by atoms with Gasteiger partial charge in [0.1, 0.15) is 11.6 Å². The molecular weight excluding hydrogens is 428 g/mol. The van der Waals surface area contributed by atoms with E-state index in [0.29, 0.717) is 19.3 Å². The predicted molar refractivity (Wildman–Crippen MR) is 125 cm³/mol. The summed E-state index contributed by atoms with van der Waals surface area (Å²) >= 11 is 0. The van der Waals surface area contributed by atoms with Gasteiger partial charge in [-0.15, -0.1) is 0 Å². The molecule has 1 unspecified atom stereocenters. The SMILES string of the molecule is Cc1ccc(S(=O)(=O)N(CCC(C)C)[C@H]2CCC(C)CN(C(=O)OC(C)(C)C)C2=O)cc1. The Bertz CT molecular complexity index is 903. The summed E-state index contributed by atoms with van der Waals surface area (Å²) in [5, 5.41) is 0. The fourth-order valence-corrected chi connectivity index (χ4v) is 5.29. The van der Waals surface area contributed by atoms with Crippen molar-refractivity contribution in [2.75, 3.05) is 13.1 Å². The molecule has 0 radical (unpaired) electrons. The molecule has 1 aromatic carbocycles. The quantitative estimate of drug-likeness (QED) is 0.612. The van der Waals surface area contributed by atoms with Crippen LogP contribution in [0.15, 0.2) is 29.2 Å². The Morgan fingerprint density at radius 1 is 1.19 bits per heavy atom. The molecule has 0 aromatic heterocycles. The van der Waals surface area contributed by atoms with Gasteiger partial charge in [0, 0.05) is 13.1 Å². The number of sulfonamides is 1. The third-order valence-corrected chi connectivity index (χ3v) is 7.42. The number of ether oxygens (including phenoxy) is 1. The van der Waals surface area contributed by atoms with E-state index in [2.05, 4.69) is 0 Å². The third-order valence-electron chi connectivity index (χ3n) is 5.49. The second-order valence-electron chi connectivity index (χ2n) is 10.2. The summed E-state index contributed by atoms with van der Waals surface area (Å²) in [4.78, 5) is 27.6. The van der Waals surface area contributed by atoms with Crippen molar-refractivity contribution in [1.29, 1.82) is 0 Å². The largest absolute Gasteiger partial charge is 0.443 e. The molecule has 2 atom stereocenters. The first-order chi connectivity index (χ1) is 14.7. The van der Waals surface area contributed by atoms with Crippen molar-refractivity contribution in [3.63, 3.8) is 0 Å². The first-order valence-electron chi connectivity index (χ1n) is 11.3. The van der Waals surface area contributed by atoms with Gasteiger partial charge in [0.05, 0.1) is 4.90 Å². The highest BCUT2D eigenvalue weighted by atomic mass is 32.2. The Hall–Kier alpha value is -1.93. The molecule has 1 aromatic rings. The maximum atomic E-state index is 13.6. The Morgan fingerprint density at radius 2 is 1.78 bits per heavy atom. The van der Waals surface area contributed by atoms with Gasteiger partial charge in [0.15, 0.2) is 0 Å². The van der Waals surface area contributed by atoms with Crippen molar-refractivity contribution in [2.45, 2.75) is 84.3 Å². The summed E-state index contributed by atoms with van der Waals surface area (Å²) in [6, 6.07) is 5.69. The number of aryl methyl sites for hydroxylation is 1. The minimum atomic E-state index is -3.93. The van der Waals surface area contributed by atoms with Crippen LogP contribution in [-0.4, -0.2) is 54.4 Å². The molecule has 0 saturated carbocycles. The lowest BCUT2D eigenvalue weighted by Crippen LogP contribution is -2.52. The fourth-order valence-electron chi connectivity index (χ4n) is 3.66. The van der Waals surface area contributed by atoms with E-state index in [-0.39, 0.29) is 29.8 Å². The normalized spacial score (nSPS) is 20.5. The second kappa shape index (κ2) is 10.3. The fraction of sp³-hybridized carbons (Fsp3) is 0.667. The van der Waals surface area contributed by atoms with Crippen molar-refractivity contribution >= 4 is 22.0 Å². The van der Waals surface area contributed by atoms with Gasteiger partial charge in [-0.1, -0.05) is 38.5 Å². The number of rotatable bonds is 6. The lowest BCUT2D eigenvalue weighted by Gasteiger charge is -2.32. The maximum absolute atomic E-state index is 13.6. The van der Waals surface area contributed by atoms with Gasteiger partial charge in [-0.05, 0) is 70.9 Å². The van der Waals surface area contributed by atoms with Crippen LogP contribution in [0.4, 0.5) is 4.79 Å². The van der Waals surface area contributed by atoms with E-state index >= 15 is 0 Å². The van der Waals surface area contributed by atoms with Crippen molar-refractivity contribution in [3.8, 4) is 0 Å². The molecule has 1 saturated heterocycles. The molecule has 1 aliphatic rings. The van der Waals surface area contributed by atoms with Gasteiger partial charge >= 0.3 is 6.09 Å². The molecule has 32 heavy (non-hydrogen) atoms. The van der Waals surface area contributed by atoms with Gasteiger partial charge < -0.3 is 4.74 Å². The highest BCUT2D eigenvalue weighted by molar-refractivity contribution is 7.89. The van der Waals surface area contributed by atoms with E-state index in [1.165, 1.54) is 4.31 Å². The van der Waals surface area contributed by atoms with E-state index in [0.717, 1.165) is 10.5 Å². The number of likely N-dealkylation sites (tertiary alicyclic amines) is 1. The number of hydrogen-bond donors (Lipinski definition) is 0. The lowest BCUT2D eigenvalue weighted by atomic mass is 10.0. The average Bonchev–Trinajstić information content (AvgIpc) is 2.80. The smallest absolute Gasteiger partial charge is 0.417 e. The number of hydrogen-bond acceptors (Lipinski definition) is 5. The Labute approximate surface area is 193 Å². The Kier molecular flexibility index (Phi) is 8.50. The van der Waals surface area contributed by atoms with Gasteiger partial charge in [-0.25, -0.2) is 18.1 Å². The van der Waals surface area contributed by atoms with Crippen molar-refractivity contribution in [3.05, 3.63) is 29.8 Å². The van der Waals surface area contributed by atoms with Crippen LogP contribution in [0.5, 0.6) is 0 Å². The molecule has 1 aliphatic heterocycles. The van der Waals surface area contributed by atoms with Crippen LogP contribution in [0.3, 0.4) is 0 Å². The molecule has 8 heteroatoms. The molecule has 0 aliphatic carbocycles. The minimum absolute atomic E-state index is 0.0468. The molecule has 2 rings (SSSR count). The number of imide groups is 1. The molecular formula is C24H38N2O5S. The van der Waals surface area contributed by atoms with Crippen LogP contribution in [0, 0.1) is 18.8 Å². The molecule has 0 bridgehead atoms. The standard InChI is InChI=1S/C24H38N2O5S/c1-17(2)14-15-26(32(29,30)20-11-8-18(3)9-12-20)21-13-10-19(4)16-25(22(21)27)23(28)31-24(5,6)7/h8-9,11-12,17,19,21H,10,13-16H2,1-7H3/t19?,21-/m0/s1. The minimum Gasteiger partial charge on any atom is -0.443 e. The van der Waals surface area contributed by atoms with Crippen LogP contribution in [0.1, 0.15) is 66.4 Å². The van der Waals surface area contributed by atoms with Crippen LogP contribution in [-0.2, 0) is 19.6 Å². The molecule has 1 fully saturated rings. The summed E-state index contributed by atoms with van der Waals surface area (Å²) in [5.74, 6) is -0.207. The van der Waals surface area contributed by atoms with Crippen LogP contribution in [0.25, 0.3) is 0 Å². The van der Waals surface area contributed by atoms with Crippen molar-refractivity contribution in [2.24, 2.45) is 11.8 Å². The maximum Gasteiger partial charge on any atom is 0.417 e. The highest BCUT2D eigenvalue weighted by Crippen LogP contribution is 2.28. The summed E-state index contributed by atoms with van der Waals surface area (Å²) in [6.07, 6.45) is 0.884. The van der Waals surface area contributed by atoms with E-state index in [1.54, 1.807) is 45.0 Å². The second-order valence-corrected chi connectivity index (χ2v) is 12.1. The van der Waals surface area contributed by atoms with E-state index in [1.807, 2.05) is 27.7 Å². The van der Waals surface area contributed by atoms with Crippen molar-refractivity contribution in [1.82, 2.24) is 9.21 Å². The van der Waals surface area contributed by atoms with Gasteiger partial charge in [-0.3, -0.25) is 4.79 Å². The zero-order valence-electron chi connectivity index (χ0n) is 20.4. The predicted octanol–water partition coefficient (Wildman–Crippen LogP) is 4.59.